The molecule has 0 saturated carbocycles. The lowest BCUT2D eigenvalue weighted by molar-refractivity contribution is -0.122. The van der Waals surface area contributed by atoms with Gasteiger partial charge in [0, 0.05) is 0 Å². The Bertz CT molecular complexity index is 736. The summed E-state index contributed by atoms with van der Waals surface area (Å²) in [6.45, 7) is 1.60. The Morgan fingerprint density at radius 2 is 1.78 bits per heavy atom. The summed E-state index contributed by atoms with van der Waals surface area (Å²) in [6, 6.07) is 11.6. The molecule has 2 aromatic carbocycles. The third-order valence-corrected chi connectivity index (χ3v) is 3.63. The molecule has 0 heterocycles. The molecule has 0 radical (unpaired) electrons. The van der Waals surface area contributed by atoms with Crippen LogP contribution in [-0.4, -0.2) is 17.9 Å². The van der Waals surface area contributed by atoms with E-state index in [2.05, 4.69) is 5.32 Å². The van der Waals surface area contributed by atoms with Crippen LogP contribution in [-0.2, 0) is 4.79 Å². The first-order valence-corrected chi connectivity index (χ1v) is 7.45. The van der Waals surface area contributed by atoms with E-state index >= 15 is 0 Å². The summed E-state index contributed by atoms with van der Waals surface area (Å²) in [4.78, 5) is 23.5. The van der Waals surface area contributed by atoms with E-state index in [4.69, 9.17) is 33.7 Å². The number of nitrogens with two attached hydrogens (primary N) is 1. The van der Waals surface area contributed by atoms with E-state index in [1.54, 1.807) is 31.2 Å². The molecule has 1 atom stereocenters. The molecule has 2 amide bonds. The SMILES string of the molecule is C[C@@H](Oc1ccccc1)C(=O)Nc1cc(C(N)=O)c(Cl)cc1Cl. The molecule has 3 N–H and O–H groups in total. The van der Waals surface area contributed by atoms with Gasteiger partial charge in [-0.1, -0.05) is 41.4 Å². The van der Waals surface area contributed by atoms with Crippen LogP contribution in [0.15, 0.2) is 42.5 Å². The number of nitrogens with one attached hydrogen (secondary N) is 1. The molecule has 2 rings (SSSR count). The second-order valence-corrected chi connectivity index (χ2v) is 5.55. The maximum absolute atomic E-state index is 12.2. The number of carbonyl (C=O) groups is 2. The number of benzene rings is 2. The van der Waals surface area contributed by atoms with E-state index in [1.165, 1.54) is 12.1 Å². The van der Waals surface area contributed by atoms with Crippen LogP contribution < -0.4 is 15.8 Å². The van der Waals surface area contributed by atoms with Crippen LogP contribution in [0.25, 0.3) is 0 Å². The molecule has 0 aliphatic carbocycles. The Balaban J connectivity index is 2.13. The number of hydrogen-bond donors (Lipinski definition) is 2. The molecule has 5 nitrogen and oxygen atoms in total. The van der Waals surface area contributed by atoms with Crippen LogP contribution in [0.2, 0.25) is 10.0 Å². The molecule has 120 valence electrons. The zero-order valence-corrected chi connectivity index (χ0v) is 13.7. The van der Waals surface area contributed by atoms with Crippen molar-refractivity contribution in [3.05, 3.63) is 58.1 Å². The monoisotopic (exact) mass is 352 g/mol. The van der Waals surface area contributed by atoms with Crippen LogP contribution in [0.5, 0.6) is 5.75 Å². The number of rotatable bonds is 5. The second-order valence-electron chi connectivity index (χ2n) is 4.74. The quantitative estimate of drug-likeness (QED) is 0.863. The minimum Gasteiger partial charge on any atom is -0.481 e. The van der Waals surface area contributed by atoms with Gasteiger partial charge in [0.25, 0.3) is 5.91 Å². The normalized spacial score (nSPS) is 11.6. The molecule has 0 aromatic heterocycles. The van der Waals surface area contributed by atoms with Crippen molar-refractivity contribution in [1.29, 1.82) is 0 Å². The molecule has 7 heteroatoms. The molecule has 0 unspecified atom stereocenters. The molecule has 0 bridgehead atoms. The van der Waals surface area contributed by atoms with Crippen molar-refractivity contribution in [1.82, 2.24) is 0 Å². The predicted molar refractivity (Wildman–Crippen MR) is 90.1 cm³/mol. The summed E-state index contributed by atoms with van der Waals surface area (Å²) in [5.74, 6) is -0.570. The third kappa shape index (κ3) is 4.37. The van der Waals surface area contributed by atoms with E-state index in [1.807, 2.05) is 6.07 Å². The van der Waals surface area contributed by atoms with Gasteiger partial charge in [-0.25, -0.2) is 0 Å². The second kappa shape index (κ2) is 7.35. The summed E-state index contributed by atoms with van der Waals surface area (Å²) in [6.07, 6.45) is -0.763. The van der Waals surface area contributed by atoms with Crippen LogP contribution in [0.4, 0.5) is 5.69 Å². The van der Waals surface area contributed by atoms with Gasteiger partial charge in [0.1, 0.15) is 5.75 Å². The zero-order valence-electron chi connectivity index (χ0n) is 12.2. The highest BCUT2D eigenvalue weighted by Gasteiger charge is 2.18. The number of halogens is 2. The Morgan fingerprint density at radius 3 is 2.39 bits per heavy atom. The minimum atomic E-state index is -0.763. The maximum atomic E-state index is 12.2. The number of amides is 2. The first-order valence-electron chi connectivity index (χ1n) is 6.70. The van der Waals surface area contributed by atoms with Crippen LogP contribution in [0, 0.1) is 0 Å². The van der Waals surface area contributed by atoms with E-state index in [0.29, 0.717) is 5.75 Å². The Labute approximate surface area is 143 Å². The molecule has 0 fully saturated rings. The van der Waals surface area contributed by atoms with Crippen LogP contribution in [0.3, 0.4) is 0 Å². The van der Waals surface area contributed by atoms with Crippen molar-refractivity contribution in [2.75, 3.05) is 5.32 Å². The van der Waals surface area contributed by atoms with Gasteiger partial charge in [-0.3, -0.25) is 9.59 Å². The number of primary amides is 1. The lowest BCUT2D eigenvalue weighted by Gasteiger charge is -2.16. The number of carbonyl (C=O) groups excluding carboxylic acids is 2. The zero-order chi connectivity index (χ0) is 17.0. The Hall–Kier alpha value is -2.24. The molecule has 0 aliphatic rings. The van der Waals surface area contributed by atoms with Gasteiger partial charge in [0.2, 0.25) is 5.91 Å². The van der Waals surface area contributed by atoms with Crippen molar-refractivity contribution in [3.63, 3.8) is 0 Å². The first-order chi connectivity index (χ1) is 10.9. The lowest BCUT2D eigenvalue weighted by Crippen LogP contribution is -2.30. The van der Waals surface area contributed by atoms with Crippen LogP contribution >= 0.6 is 23.2 Å². The molecular formula is C16H14Cl2N2O3. The summed E-state index contributed by atoms with van der Waals surface area (Å²) < 4.78 is 5.52. The number of hydrogen-bond acceptors (Lipinski definition) is 3. The van der Waals surface area contributed by atoms with Crippen molar-refractivity contribution in [2.24, 2.45) is 5.73 Å². The van der Waals surface area contributed by atoms with E-state index < -0.39 is 17.9 Å². The largest absolute Gasteiger partial charge is 0.481 e. The van der Waals surface area contributed by atoms with Gasteiger partial charge >= 0.3 is 0 Å². The van der Waals surface area contributed by atoms with E-state index in [-0.39, 0.29) is 21.3 Å². The minimum absolute atomic E-state index is 0.0722. The molecule has 23 heavy (non-hydrogen) atoms. The average Bonchev–Trinajstić information content (AvgIpc) is 2.50. The van der Waals surface area contributed by atoms with Gasteiger partial charge in [-0.15, -0.1) is 0 Å². The molecular weight excluding hydrogens is 339 g/mol. The van der Waals surface area contributed by atoms with Crippen molar-refractivity contribution in [2.45, 2.75) is 13.0 Å². The number of anilines is 1. The highest BCUT2D eigenvalue weighted by molar-refractivity contribution is 6.38. The van der Waals surface area contributed by atoms with E-state index in [0.717, 1.165) is 0 Å². The summed E-state index contributed by atoms with van der Waals surface area (Å²) >= 11 is 11.9. The highest BCUT2D eigenvalue weighted by atomic mass is 35.5. The number of para-hydroxylation sites is 1. The fourth-order valence-electron chi connectivity index (χ4n) is 1.82. The smallest absolute Gasteiger partial charge is 0.265 e. The summed E-state index contributed by atoms with van der Waals surface area (Å²) in [5.41, 5.74) is 5.53. The van der Waals surface area contributed by atoms with Crippen molar-refractivity contribution < 1.29 is 14.3 Å². The van der Waals surface area contributed by atoms with Crippen LogP contribution in [0.1, 0.15) is 17.3 Å². The molecule has 0 spiro atoms. The predicted octanol–water partition coefficient (Wildman–Crippen LogP) is 3.50. The van der Waals surface area contributed by atoms with Crippen molar-refractivity contribution >= 4 is 40.7 Å². The third-order valence-electron chi connectivity index (χ3n) is 3.01. The topological polar surface area (TPSA) is 81.4 Å². The van der Waals surface area contributed by atoms with Gasteiger partial charge < -0.3 is 15.8 Å². The van der Waals surface area contributed by atoms with Gasteiger partial charge in [0.15, 0.2) is 6.10 Å². The fourth-order valence-corrected chi connectivity index (χ4v) is 2.35. The molecule has 0 saturated heterocycles. The van der Waals surface area contributed by atoms with Gasteiger partial charge in [-0.2, -0.15) is 0 Å². The standard InChI is InChI=1S/C16H14Cl2N2O3/c1-9(23-10-5-3-2-4-6-10)16(22)20-14-7-11(15(19)21)12(17)8-13(14)18/h2-9H,1H3,(H2,19,21)(H,20,22)/t9-/m1/s1. The average molecular weight is 353 g/mol. The molecule has 2 aromatic rings. The Kier molecular flexibility index (Phi) is 5.47. The molecule has 0 aliphatic heterocycles. The lowest BCUT2D eigenvalue weighted by atomic mass is 10.2. The van der Waals surface area contributed by atoms with Gasteiger partial charge in [0.05, 0.1) is 21.3 Å². The fraction of sp³-hybridized carbons (Fsp3) is 0.125. The first kappa shape index (κ1) is 17.1. The van der Waals surface area contributed by atoms with Gasteiger partial charge in [-0.05, 0) is 31.2 Å². The highest BCUT2D eigenvalue weighted by Crippen LogP contribution is 2.29. The number of ether oxygens (including phenoxy) is 1. The van der Waals surface area contributed by atoms with E-state index in [9.17, 15) is 9.59 Å². The van der Waals surface area contributed by atoms with Crippen molar-refractivity contribution in [3.8, 4) is 5.75 Å². The summed E-state index contributed by atoms with van der Waals surface area (Å²) in [7, 11) is 0. The summed E-state index contributed by atoms with van der Waals surface area (Å²) in [5, 5.41) is 2.90. The Morgan fingerprint density at radius 1 is 1.13 bits per heavy atom. The maximum Gasteiger partial charge on any atom is 0.265 e.